The molecule has 0 aliphatic rings. The highest BCUT2D eigenvalue weighted by Gasteiger charge is 2.09. The van der Waals surface area contributed by atoms with Gasteiger partial charge in [-0.15, -0.1) is 0 Å². The standard InChI is InChI=1S/C18H12FN3/c19-15-8-6-14(7-9-15)17-10-11-20-18-12-16(21-22(17)18)13-4-2-1-3-5-13/h1-12H. The van der Waals surface area contributed by atoms with E-state index in [1.807, 2.05) is 42.5 Å². The summed E-state index contributed by atoms with van der Waals surface area (Å²) in [6.45, 7) is 0. The number of halogens is 1. The van der Waals surface area contributed by atoms with Crippen LogP contribution >= 0.6 is 0 Å². The molecule has 0 N–H and O–H groups in total. The Hall–Kier alpha value is -3.01. The molecule has 22 heavy (non-hydrogen) atoms. The summed E-state index contributed by atoms with van der Waals surface area (Å²) >= 11 is 0. The SMILES string of the molecule is Fc1ccc(-c2ccnc3cc(-c4ccccc4)nn23)cc1. The first-order chi connectivity index (χ1) is 10.8. The second-order valence-corrected chi connectivity index (χ2v) is 5.00. The second-order valence-electron chi connectivity index (χ2n) is 5.00. The third kappa shape index (κ3) is 2.15. The van der Waals surface area contributed by atoms with Crippen LogP contribution in [0.2, 0.25) is 0 Å². The first-order valence-electron chi connectivity index (χ1n) is 6.97. The molecule has 4 heteroatoms. The normalized spacial score (nSPS) is 11.0. The maximum Gasteiger partial charge on any atom is 0.156 e. The zero-order valence-electron chi connectivity index (χ0n) is 11.6. The quantitative estimate of drug-likeness (QED) is 0.553. The van der Waals surface area contributed by atoms with Gasteiger partial charge in [0.25, 0.3) is 0 Å². The molecule has 0 aliphatic carbocycles. The molecule has 0 fully saturated rings. The number of rotatable bonds is 2. The Bertz CT molecular complexity index is 928. The number of aromatic nitrogens is 3. The third-order valence-electron chi connectivity index (χ3n) is 3.57. The second kappa shape index (κ2) is 5.07. The van der Waals surface area contributed by atoms with Gasteiger partial charge in [-0.1, -0.05) is 30.3 Å². The molecular formula is C18H12FN3. The van der Waals surface area contributed by atoms with Crippen molar-refractivity contribution in [3.05, 3.63) is 78.7 Å². The molecule has 4 aromatic rings. The van der Waals surface area contributed by atoms with Crippen molar-refractivity contribution in [2.75, 3.05) is 0 Å². The number of benzene rings is 2. The average molecular weight is 289 g/mol. The van der Waals surface area contributed by atoms with Crippen LogP contribution in [0.5, 0.6) is 0 Å². The van der Waals surface area contributed by atoms with E-state index in [1.54, 1.807) is 22.8 Å². The van der Waals surface area contributed by atoms with Crippen molar-refractivity contribution in [3.63, 3.8) is 0 Å². The average Bonchev–Trinajstić information content (AvgIpc) is 3.01. The predicted octanol–water partition coefficient (Wildman–Crippen LogP) is 4.20. The predicted molar refractivity (Wildman–Crippen MR) is 83.8 cm³/mol. The van der Waals surface area contributed by atoms with Crippen molar-refractivity contribution >= 4 is 5.65 Å². The number of hydrogen-bond donors (Lipinski definition) is 0. The number of hydrogen-bond acceptors (Lipinski definition) is 2. The Balaban J connectivity index is 1.90. The van der Waals surface area contributed by atoms with E-state index in [9.17, 15) is 4.39 Å². The molecule has 4 rings (SSSR count). The lowest BCUT2D eigenvalue weighted by atomic mass is 10.1. The lowest BCUT2D eigenvalue weighted by Gasteiger charge is -2.04. The monoisotopic (exact) mass is 289 g/mol. The summed E-state index contributed by atoms with van der Waals surface area (Å²) in [6.07, 6.45) is 1.74. The highest BCUT2D eigenvalue weighted by molar-refractivity contribution is 5.68. The molecule has 0 spiro atoms. The molecule has 2 heterocycles. The minimum absolute atomic E-state index is 0.250. The fourth-order valence-electron chi connectivity index (χ4n) is 2.48. The summed E-state index contributed by atoms with van der Waals surface area (Å²) in [7, 11) is 0. The highest BCUT2D eigenvalue weighted by atomic mass is 19.1. The van der Waals surface area contributed by atoms with E-state index in [1.165, 1.54) is 12.1 Å². The van der Waals surface area contributed by atoms with Gasteiger partial charge >= 0.3 is 0 Å². The molecule has 0 amide bonds. The van der Waals surface area contributed by atoms with E-state index < -0.39 is 0 Å². The van der Waals surface area contributed by atoms with Gasteiger partial charge in [-0.3, -0.25) is 0 Å². The molecule has 3 nitrogen and oxygen atoms in total. The highest BCUT2D eigenvalue weighted by Crippen LogP contribution is 2.24. The fourth-order valence-corrected chi connectivity index (χ4v) is 2.48. The minimum atomic E-state index is -0.250. The lowest BCUT2D eigenvalue weighted by Crippen LogP contribution is -1.95. The van der Waals surface area contributed by atoms with Gasteiger partial charge < -0.3 is 0 Å². The van der Waals surface area contributed by atoms with Crippen molar-refractivity contribution in [1.82, 2.24) is 14.6 Å². The maximum atomic E-state index is 13.1. The van der Waals surface area contributed by atoms with Crippen LogP contribution in [0.15, 0.2) is 72.9 Å². The third-order valence-corrected chi connectivity index (χ3v) is 3.57. The van der Waals surface area contributed by atoms with Gasteiger partial charge in [-0.2, -0.15) is 5.10 Å². The Kier molecular flexibility index (Phi) is 2.93. The van der Waals surface area contributed by atoms with Gasteiger partial charge in [0.1, 0.15) is 5.82 Å². The van der Waals surface area contributed by atoms with Crippen LogP contribution < -0.4 is 0 Å². The summed E-state index contributed by atoms with van der Waals surface area (Å²) in [4.78, 5) is 4.36. The van der Waals surface area contributed by atoms with Crippen LogP contribution in [-0.4, -0.2) is 14.6 Å². The minimum Gasteiger partial charge on any atom is -0.237 e. The van der Waals surface area contributed by atoms with Crippen molar-refractivity contribution in [2.45, 2.75) is 0 Å². The van der Waals surface area contributed by atoms with E-state index in [0.29, 0.717) is 0 Å². The van der Waals surface area contributed by atoms with Crippen LogP contribution in [0.25, 0.3) is 28.2 Å². The molecule has 0 atom stereocenters. The number of fused-ring (bicyclic) bond motifs is 1. The van der Waals surface area contributed by atoms with E-state index in [2.05, 4.69) is 10.1 Å². The van der Waals surface area contributed by atoms with Gasteiger partial charge in [0.05, 0.1) is 11.4 Å². The van der Waals surface area contributed by atoms with Gasteiger partial charge in [0.2, 0.25) is 0 Å². The zero-order chi connectivity index (χ0) is 14.9. The van der Waals surface area contributed by atoms with Gasteiger partial charge in [-0.05, 0) is 30.3 Å². The first-order valence-corrected chi connectivity index (χ1v) is 6.97. The lowest BCUT2D eigenvalue weighted by molar-refractivity contribution is 0.628. The molecule has 106 valence electrons. The molecule has 0 unspecified atom stereocenters. The maximum absolute atomic E-state index is 13.1. The largest absolute Gasteiger partial charge is 0.237 e. The molecule has 2 aromatic heterocycles. The Labute approximate surface area is 126 Å². The molecule has 2 aromatic carbocycles. The van der Waals surface area contributed by atoms with E-state index in [0.717, 1.165) is 28.2 Å². The fraction of sp³-hybridized carbons (Fsp3) is 0. The Morgan fingerprint density at radius 1 is 0.818 bits per heavy atom. The summed E-state index contributed by atoms with van der Waals surface area (Å²) in [5, 5.41) is 4.64. The van der Waals surface area contributed by atoms with Gasteiger partial charge in [0.15, 0.2) is 5.65 Å². The summed E-state index contributed by atoms with van der Waals surface area (Å²) in [5.41, 5.74) is 4.45. The Morgan fingerprint density at radius 2 is 1.59 bits per heavy atom. The van der Waals surface area contributed by atoms with Crippen LogP contribution in [0.3, 0.4) is 0 Å². The van der Waals surface area contributed by atoms with Gasteiger partial charge in [0, 0.05) is 23.4 Å². The Morgan fingerprint density at radius 3 is 2.36 bits per heavy atom. The topological polar surface area (TPSA) is 30.2 Å². The van der Waals surface area contributed by atoms with Crippen LogP contribution in [-0.2, 0) is 0 Å². The van der Waals surface area contributed by atoms with E-state index >= 15 is 0 Å². The van der Waals surface area contributed by atoms with Crippen molar-refractivity contribution in [2.24, 2.45) is 0 Å². The zero-order valence-corrected chi connectivity index (χ0v) is 11.6. The smallest absolute Gasteiger partial charge is 0.156 e. The van der Waals surface area contributed by atoms with Crippen molar-refractivity contribution < 1.29 is 4.39 Å². The molecule has 0 aliphatic heterocycles. The van der Waals surface area contributed by atoms with Crippen molar-refractivity contribution in [1.29, 1.82) is 0 Å². The first kappa shape index (κ1) is 12.7. The van der Waals surface area contributed by atoms with Crippen molar-refractivity contribution in [3.8, 4) is 22.5 Å². The molecule has 0 saturated heterocycles. The van der Waals surface area contributed by atoms with Crippen LogP contribution in [0, 0.1) is 5.82 Å². The van der Waals surface area contributed by atoms with Crippen LogP contribution in [0.1, 0.15) is 0 Å². The van der Waals surface area contributed by atoms with E-state index in [-0.39, 0.29) is 5.82 Å². The molecular weight excluding hydrogens is 277 g/mol. The summed E-state index contributed by atoms with van der Waals surface area (Å²) < 4.78 is 14.9. The van der Waals surface area contributed by atoms with Gasteiger partial charge in [-0.25, -0.2) is 13.9 Å². The van der Waals surface area contributed by atoms with E-state index in [4.69, 9.17) is 0 Å². The molecule has 0 bridgehead atoms. The van der Waals surface area contributed by atoms with Crippen LogP contribution in [0.4, 0.5) is 4.39 Å². The molecule has 0 radical (unpaired) electrons. The molecule has 0 saturated carbocycles. The summed E-state index contributed by atoms with van der Waals surface area (Å²) in [6, 6.07) is 20.2. The number of nitrogens with zero attached hydrogens (tertiary/aromatic N) is 3. The summed E-state index contributed by atoms with van der Waals surface area (Å²) in [5.74, 6) is -0.250.